The van der Waals surface area contributed by atoms with Crippen LogP contribution in [-0.2, 0) is 46.2 Å². The van der Waals surface area contributed by atoms with Crippen LogP contribution < -0.4 is 10.6 Å². The maximum absolute atomic E-state index is 14.7. The number of benzene rings is 4. The molecular formula is C80H112N6O12. The van der Waals surface area contributed by atoms with Crippen molar-refractivity contribution in [2.75, 3.05) is 39.3 Å². The van der Waals surface area contributed by atoms with E-state index in [9.17, 15) is 43.5 Å². The standard InChI is InChI=1S/C66H88N6O8.C14H24O4/c1-65(2,3)79-63(77)67-57(51-25-15-9-16-26-51)61(75)71-41-19-29-55(71)45-69(43-39-47-21-11-7-12-22-47)59(73)53-35-31-49(32-36-53)50-33-37-54(38-34-50)60(74)70(44-40-48-23-13-8-14-24-48)46-56-30-20-42-72(56)62(76)58(52-27-17-10-18-28-52)68-64(78)80-66(4,5)6;1-14(2,3)18-12(15)9-11(13(16)17)10-7-5-4-6-8-10/h7-8,11-14,21-24,31-38,51-52,55-58H,9-10,15-20,25-30,39-46H2,1-6H3,(H,67,77)(H,68,78);10-11H,4-9H2,1-3H3,(H,16,17)/t55-,56-,57-,58-;11-/m00/s1. The normalized spacial score (nSPS) is 19.0. The van der Waals surface area contributed by atoms with Crippen molar-refractivity contribution >= 4 is 47.8 Å². The van der Waals surface area contributed by atoms with Gasteiger partial charge in [-0.25, -0.2) is 9.59 Å². The first kappa shape index (κ1) is 76.0. The fraction of sp³-hybridized carbons (Fsp3) is 0.600. The number of esters is 1. The van der Waals surface area contributed by atoms with Crippen molar-refractivity contribution in [1.29, 1.82) is 0 Å². The molecule has 0 radical (unpaired) electrons. The first-order chi connectivity index (χ1) is 46.7. The van der Waals surface area contributed by atoms with E-state index in [4.69, 9.17) is 14.2 Å². The highest BCUT2D eigenvalue weighted by molar-refractivity contribution is 5.96. The highest BCUT2D eigenvalue weighted by atomic mass is 16.6. The SMILES string of the molecule is CC(C)(C)OC(=O)C[C@H](C(=O)O)C1CCCCC1.CC(C)(C)OC(=O)N[C@H](C(=O)N1CCC[C@H]1CN(CCc1ccccc1)C(=O)c1ccc(-c2ccc(C(=O)N(CCc3ccccc3)C[C@@H]3CCCN3C(=O)[C@@H](NC(=O)OC(C)(C)C)C3CCCCC3)cc2)cc1)C1CCCCC1. The molecule has 0 spiro atoms. The Morgan fingerprint density at radius 3 is 1.13 bits per heavy atom. The molecule has 4 aromatic rings. The van der Waals surface area contributed by atoms with Crippen LogP contribution in [0.4, 0.5) is 9.59 Å². The van der Waals surface area contributed by atoms with E-state index in [0.717, 1.165) is 138 Å². The lowest BCUT2D eigenvalue weighted by Gasteiger charge is -2.37. The molecule has 6 amide bonds. The van der Waals surface area contributed by atoms with Crippen LogP contribution in [0.5, 0.6) is 0 Å². The Labute approximate surface area is 583 Å². The van der Waals surface area contributed by atoms with Gasteiger partial charge in [0.1, 0.15) is 28.9 Å². The van der Waals surface area contributed by atoms with Crippen LogP contribution in [-0.4, -0.2) is 153 Å². The van der Waals surface area contributed by atoms with Crippen molar-refractivity contribution < 1.29 is 57.7 Å². The second-order valence-corrected chi connectivity index (χ2v) is 31.0. The fourth-order valence-corrected chi connectivity index (χ4v) is 15.0. The minimum absolute atomic E-state index is 0.00271. The lowest BCUT2D eigenvalue weighted by molar-refractivity contribution is -0.161. The summed E-state index contributed by atoms with van der Waals surface area (Å²) in [5, 5.41) is 15.3. The molecule has 2 heterocycles. The molecule has 0 aromatic heterocycles. The zero-order valence-electron chi connectivity index (χ0n) is 60.0. The number of alkyl carbamates (subject to hydrolysis) is 2. The lowest BCUT2D eigenvalue weighted by atomic mass is 9.78. The van der Waals surface area contributed by atoms with Gasteiger partial charge < -0.3 is 49.6 Å². The quantitative estimate of drug-likeness (QED) is 0.0466. The van der Waals surface area contributed by atoms with Crippen molar-refractivity contribution in [3.05, 3.63) is 131 Å². The molecule has 9 rings (SSSR count). The number of aliphatic carboxylic acids is 1. The maximum Gasteiger partial charge on any atom is 0.408 e. The first-order valence-corrected chi connectivity index (χ1v) is 36.6. The number of amides is 6. The van der Waals surface area contributed by atoms with Gasteiger partial charge in [-0.3, -0.25) is 28.8 Å². The molecule has 0 unspecified atom stereocenters. The summed E-state index contributed by atoms with van der Waals surface area (Å²) in [6.07, 6.45) is 18.1. The Balaban J connectivity index is 0.000000590. The fourth-order valence-electron chi connectivity index (χ4n) is 15.0. The number of ether oxygens (including phenoxy) is 3. The molecule has 3 saturated carbocycles. The Hall–Kier alpha value is -7.76. The summed E-state index contributed by atoms with van der Waals surface area (Å²) in [5.41, 5.74) is 3.13. The van der Waals surface area contributed by atoms with Gasteiger partial charge in [0.2, 0.25) is 11.8 Å². The molecule has 5 fully saturated rings. The van der Waals surface area contributed by atoms with Crippen molar-refractivity contribution in [3.63, 3.8) is 0 Å². The first-order valence-electron chi connectivity index (χ1n) is 36.6. The number of carbonyl (C=O) groups is 8. The summed E-state index contributed by atoms with van der Waals surface area (Å²) in [4.78, 5) is 116. The van der Waals surface area contributed by atoms with Crippen LogP contribution >= 0.6 is 0 Å². The average Bonchev–Trinajstić information content (AvgIpc) is 1.51. The van der Waals surface area contributed by atoms with Gasteiger partial charge in [-0.2, -0.15) is 0 Å². The number of nitrogens with zero attached hydrogens (tertiary/aromatic N) is 4. The number of hydrogen-bond donors (Lipinski definition) is 3. The summed E-state index contributed by atoms with van der Waals surface area (Å²) in [6, 6.07) is 33.6. The number of likely N-dealkylation sites (tertiary alicyclic amines) is 2. The molecule has 2 aliphatic heterocycles. The van der Waals surface area contributed by atoms with E-state index in [1.165, 1.54) is 6.42 Å². The molecule has 18 nitrogen and oxygen atoms in total. The minimum Gasteiger partial charge on any atom is -0.481 e. The van der Waals surface area contributed by atoms with E-state index < -0.39 is 58.9 Å². The van der Waals surface area contributed by atoms with Crippen LogP contribution in [0.15, 0.2) is 109 Å². The molecular weight excluding hydrogens is 1240 g/mol. The van der Waals surface area contributed by atoms with Crippen LogP contribution in [0.2, 0.25) is 0 Å². The van der Waals surface area contributed by atoms with Crippen molar-refractivity contribution in [3.8, 4) is 11.1 Å². The Kier molecular flexibility index (Phi) is 27.8. The van der Waals surface area contributed by atoms with E-state index in [1.807, 2.05) is 146 Å². The summed E-state index contributed by atoms with van der Waals surface area (Å²) in [7, 11) is 0. The van der Waals surface area contributed by atoms with E-state index >= 15 is 0 Å². The van der Waals surface area contributed by atoms with Gasteiger partial charge in [-0.15, -0.1) is 0 Å². The van der Waals surface area contributed by atoms with Crippen LogP contribution in [0.25, 0.3) is 11.1 Å². The zero-order valence-corrected chi connectivity index (χ0v) is 60.0. The third-order valence-electron chi connectivity index (χ3n) is 19.8. The molecule has 534 valence electrons. The van der Waals surface area contributed by atoms with Crippen molar-refractivity contribution in [2.45, 2.75) is 245 Å². The largest absolute Gasteiger partial charge is 0.481 e. The minimum atomic E-state index is -0.868. The van der Waals surface area contributed by atoms with Crippen LogP contribution in [0.3, 0.4) is 0 Å². The number of rotatable bonds is 23. The smallest absolute Gasteiger partial charge is 0.408 e. The van der Waals surface area contributed by atoms with E-state index in [1.54, 1.807) is 20.8 Å². The third kappa shape index (κ3) is 23.4. The Morgan fingerprint density at radius 1 is 0.449 bits per heavy atom. The number of carbonyl (C=O) groups excluding carboxylic acids is 7. The predicted molar refractivity (Wildman–Crippen MR) is 381 cm³/mol. The van der Waals surface area contributed by atoms with Gasteiger partial charge in [0, 0.05) is 62.5 Å². The van der Waals surface area contributed by atoms with E-state index in [2.05, 4.69) is 34.9 Å². The Morgan fingerprint density at radius 2 is 0.796 bits per heavy atom. The molecule has 3 aliphatic carbocycles. The molecule has 98 heavy (non-hydrogen) atoms. The molecule has 5 aliphatic rings. The summed E-state index contributed by atoms with van der Waals surface area (Å²) >= 11 is 0. The predicted octanol–water partition coefficient (Wildman–Crippen LogP) is 14.7. The highest BCUT2D eigenvalue weighted by Gasteiger charge is 2.43. The summed E-state index contributed by atoms with van der Waals surface area (Å²) < 4.78 is 16.5. The van der Waals surface area contributed by atoms with Gasteiger partial charge in [-0.1, -0.05) is 143 Å². The molecule has 3 N–H and O–H groups in total. The number of carboxylic acids is 1. The molecule has 0 bridgehead atoms. The zero-order chi connectivity index (χ0) is 70.6. The lowest BCUT2D eigenvalue weighted by Crippen LogP contribution is -2.56. The Bertz CT molecular complexity index is 3050. The summed E-state index contributed by atoms with van der Waals surface area (Å²) in [5.74, 6) is -2.13. The average molecular weight is 1350 g/mol. The number of carboxylic acid groups (broad SMARTS) is 1. The van der Waals surface area contributed by atoms with Gasteiger partial charge in [0.05, 0.1) is 12.3 Å². The van der Waals surface area contributed by atoms with Crippen LogP contribution in [0, 0.1) is 23.7 Å². The van der Waals surface area contributed by atoms with Gasteiger partial charge in [-0.05, 0) is 204 Å². The monoisotopic (exact) mass is 1350 g/mol. The topological polar surface area (TPSA) is 221 Å². The second kappa shape index (κ2) is 35.8. The van der Waals surface area contributed by atoms with E-state index in [0.29, 0.717) is 63.2 Å². The maximum atomic E-state index is 14.7. The molecule has 2 saturated heterocycles. The number of nitrogens with one attached hydrogen (secondary N) is 2. The van der Waals surface area contributed by atoms with Gasteiger partial charge in [0.25, 0.3) is 11.8 Å². The van der Waals surface area contributed by atoms with Crippen molar-refractivity contribution in [1.82, 2.24) is 30.2 Å². The number of hydrogen-bond acceptors (Lipinski definition) is 11. The molecule has 5 atom stereocenters. The van der Waals surface area contributed by atoms with Crippen molar-refractivity contribution in [2.24, 2.45) is 23.7 Å². The molecule has 18 heteroatoms. The van der Waals surface area contributed by atoms with Gasteiger partial charge in [0.15, 0.2) is 0 Å². The van der Waals surface area contributed by atoms with E-state index in [-0.39, 0.29) is 59.9 Å². The van der Waals surface area contributed by atoms with Crippen LogP contribution in [0.1, 0.15) is 223 Å². The van der Waals surface area contributed by atoms with Gasteiger partial charge >= 0.3 is 24.1 Å². The molecule has 4 aromatic carbocycles. The summed E-state index contributed by atoms with van der Waals surface area (Å²) in [6.45, 7) is 19.1. The third-order valence-corrected chi connectivity index (χ3v) is 19.8. The highest BCUT2D eigenvalue weighted by Crippen LogP contribution is 2.35. The second-order valence-electron chi connectivity index (χ2n) is 31.0.